The zero-order valence-electron chi connectivity index (χ0n) is 8.18. The van der Waals surface area contributed by atoms with Gasteiger partial charge in [-0.1, -0.05) is 13.8 Å². The molecular weight excluding hydrogens is 156 g/mol. The summed E-state index contributed by atoms with van der Waals surface area (Å²) in [7, 11) is 1.34. The first-order valence-electron chi connectivity index (χ1n) is 4.02. The van der Waals surface area contributed by atoms with Gasteiger partial charge in [0.25, 0.3) is 0 Å². The van der Waals surface area contributed by atoms with Gasteiger partial charge in [-0.15, -0.1) is 0 Å². The molecular formula is C8H18N2O2. The van der Waals surface area contributed by atoms with Crippen LogP contribution >= 0.6 is 0 Å². The minimum atomic E-state index is -0.434. The molecule has 4 nitrogen and oxygen atoms in total. The zero-order valence-corrected chi connectivity index (χ0v) is 8.18. The number of ether oxygens (including phenoxy) is 1. The Labute approximate surface area is 73.5 Å². The molecule has 0 aliphatic heterocycles. The van der Waals surface area contributed by atoms with E-state index in [0.29, 0.717) is 6.54 Å². The summed E-state index contributed by atoms with van der Waals surface area (Å²) in [5.74, 6) is 0.279. The Morgan fingerprint density at radius 2 is 2.17 bits per heavy atom. The Morgan fingerprint density at radius 3 is 2.42 bits per heavy atom. The van der Waals surface area contributed by atoms with Gasteiger partial charge in [0.1, 0.15) is 0 Å². The first kappa shape index (κ1) is 11.2. The van der Waals surface area contributed by atoms with E-state index in [0.717, 1.165) is 0 Å². The summed E-state index contributed by atoms with van der Waals surface area (Å²) in [5, 5.41) is 2.71. The highest BCUT2D eigenvalue weighted by molar-refractivity contribution is 5.68. The van der Waals surface area contributed by atoms with Crippen LogP contribution in [-0.2, 0) is 4.74 Å². The molecule has 0 aromatic heterocycles. The Bertz CT molecular complexity index is 159. The molecule has 0 saturated heterocycles. The van der Waals surface area contributed by atoms with Crippen LogP contribution in [-0.4, -0.2) is 25.3 Å². The number of amides is 1. The fourth-order valence-electron chi connectivity index (χ4n) is 0.715. The van der Waals surface area contributed by atoms with E-state index in [4.69, 9.17) is 5.73 Å². The molecule has 4 heteroatoms. The minimum absolute atomic E-state index is 0.279. The van der Waals surface area contributed by atoms with Gasteiger partial charge in [0, 0.05) is 6.54 Å². The molecule has 0 fully saturated rings. The fourth-order valence-corrected chi connectivity index (χ4v) is 0.715. The third-order valence-corrected chi connectivity index (χ3v) is 2.27. The molecule has 3 N–H and O–H groups in total. The van der Waals surface area contributed by atoms with Crippen molar-refractivity contribution < 1.29 is 9.53 Å². The second-order valence-electron chi connectivity index (χ2n) is 3.39. The maximum absolute atomic E-state index is 10.9. The standard InChI is InChI=1S/C8H18N2O2/c1-6(2)8(3,5-9)10-7(11)12-4/h6H,5,9H2,1-4H3,(H,10,11). The first-order valence-corrected chi connectivity index (χ1v) is 4.02. The highest BCUT2D eigenvalue weighted by atomic mass is 16.5. The molecule has 0 rings (SSSR count). The second-order valence-corrected chi connectivity index (χ2v) is 3.39. The number of carbonyl (C=O) groups excluding carboxylic acids is 1. The monoisotopic (exact) mass is 174 g/mol. The summed E-state index contributed by atoms with van der Waals surface area (Å²) in [6.45, 7) is 6.31. The molecule has 1 amide bonds. The molecule has 0 bridgehead atoms. The van der Waals surface area contributed by atoms with Crippen molar-refractivity contribution >= 4 is 6.09 Å². The quantitative estimate of drug-likeness (QED) is 0.662. The van der Waals surface area contributed by atoms with Gasteiger partial charge < -0.3 is 15.8 Å². The van der Waals surface area contributed by atoms with Crippen molar-refractivity contribution in [3.63, 3.8) is 0 Å². The van der Waals surface area contributed by atoms with Gasteiger partial charge in [0.05, 0.1) is 12.6 Å². The summed E-state index contributed by atoms with van der Waals surface area (Å²) in [5.41, 5.74) is 5.16. The van der Waals surface area contributed by atoms with Crippen LogP contribution in [0.5, 0.6) is 0 Å². The van der Waals surface area contributed by atoms with E-state index in [1.165, 1.54) is 7.11 Å². The second kappa shape index (κ2) is 4.30. The van der Waals surface area contributed by atoms with Gasteiger partial charge in [-0.05, 0) is 12.8 Å². The normalized spacial score (nSPS) is 15.5. The first-order chi connectivity index (χ1) is 5.46. The lowest BCUT2D eigenvalue weighted by Gasteiger charge is -2.32. The highest BCUT2D eigenvalue weighted by Crippen LogP contribution is 2.14. The predicted molar refractivity (Wildman–Crippen MR) is 47.8 cm³/mol. The van der Waals surface area contributed by atoms with Crippen LogP contribution in [0, 0.1) is 5.92 Å². The number of carbonyl (C=O) groups is 1. The average Bonchev–Trinajstić information content (AvgIpc) is 2.03. The Morgan fingerprint density at radius 1 is 1.67 bits per heavy atom. The van der Waals surface area contributed by atoms with Crippen molar-refractivity contribution in [2.45, 2.75) is 26.3 Å². The van der Waals surface area contributed by atoms with Crippen molar-refractivity contribution in [3.8, 4) is 0 Å². The van der Waals surface area contributed by atoms with E-state index < -0.39 is 6.09 Å². The number of hydrogen-bond acceptors (Lipinski definition) is 3. The molecule has 12 heavy (non-hydrogen) atoms. The highest BCUT2D eigenvalue weighted by Gasteiger charge is 2.28. The topological polar surface area (TPSA) is 64.3 Å². The van der Waals surface area contributed by atoms with Crippen molar-refractivity contribution in [1.29, 1.82) is 0 Å². The molecule has 0 heterocycles. The van der Waals surface area contributed by atoms with Crippen molar-refractivity contribution in [2.75, 3.05) is 13.7 Å². The van der Waals surface area contributed by atoms with E-state index in [2.05, 4.69) is 10.1 Å². The summed E-state index contributed by atoms with van der Waals surface area (Å²) in [6, 6.07) is 0. The largest absolute Gasteiger partial charge is 0.453 e. The van der Waals surface area contributed by atoms with Gasteiger partial charge in [-0.2, -0.15) is 0 Å². The molecule has 0 aliphatic rings. The Hall–Kier alpha value is -0.770. The predicted octanol–water partition coefficient (Wildman–Crippen LogP) is 0.716. The molecule has 0 spiro atoms. The van der Waals surface area contributed by atoms with Gasteiger partial charge >= 0.3 is 6.09 Å². The summed E-state index contributed by atoms with van der Waals surface area (Å²) in [4.78, 5) is 10.9. The number of methoxy groups -OCH3 is 1. The van der Waals surface area contributed by atoms with E-state index >= 15 is 0 Å². The van der Waals surface area contributed by atoms with Crippen LogP contribution in [0.4, 0.5) is 4.79 Å². The van der Waals surface area contributed by atoms with Crippen LogP contribution in [0.1, 0.15) is 20.8 Å². The zero-order chi connectivity index (χ0) is 9.78. The molecule has 0 aromatic rings. The van der Waals surface area contributed by atoms with Gasteiger partial charge in [-0.25, -0.2) is 4.79 Å². The average molecular weight is 174 g/mol. The summed E-state index contributed by atoms with van der Waals surface area (Å²) < 4.78 is 4.49. The van der Waals surface area contributed by atoms with Crippen molar-refractivity contribution in [3.05, 3.63) is 0 Å². The SMILES string of the molecule is COC(=O)NC(C)(CN)C(C)C. The van der Waals surface area contributed by atoms with Crippen molar-refractivity contribution in [2.24, 2.45) is 11.7 Å². The third kappa shape index (κ3) is 2.70. The summed E-state index contributed by atoms with van der Waals surface area (Å²) >= 11 is 0. The maximum Gasteiger partial charge on any atom is 0.407 e. The summed E-state index contributed by atoms with van der Waals surface area (Å²) in [6.07, 6.45) is -0.434. The molecule has 72 valence electrons. The van der Waals surface area contributed by atoms with E-state index in [-0.39, 0.29) is 11.5 Å². The van der Waals surface area contributed by atoms with Crippen molar-refractivity contribution in [1.82, 2.24) is 5.32 Å². The van der Waals surface area contributed by atoms with Gasteiger partial charge in [0.2, 0.25) is 0 Å². The number of rotatable bonds is 3. The molecule has 0 saturated carbocycles. The fraction of sp³-hybridized carbons (Fsp3) is 0.875. The minimum Gasteiger partial charge on any atom is -0.453 e. The van der Waals surface area contributed by atoms with Crippen LogP contribution in [0.25, 0.3) is 0 Å². The number of nitrogens with one attached hydrogen (secondary N) is 1. The number of hydrogen-bond donors (Lipinski definition) is 2. The lowest BCUT2D eigenvalue weighted by atomic mass is 9.89. The molecule has 0 aromatic carbocycles. The van der Waals surface area contributed by atoms with E-state index in [1.54, 1.807) is 0 Å². The molecule has 0 aliphatic carbocycles. The van der Waals surface area contributed by atoms with Crippen LogP contribution in [0.15, 0.2) is 0 Å². The van der Waals surface area contributed by atoms with E-state index in [1.807, 2.05) is 20.8 Å². The Kier molecular flexibility index (Phi) is 4.03. The van der Waals surface area contributed by atoms with E-state index in [9.17, 15) is 4.79 Å². The van der Waals surface area contributed by atoms with Crippen LogP contribution in [0.2, 0.25) is 0 Å². The Balaban J connectivity index is 4.23. The number of alkyl carbamates (subject to hydrolysis) is 1. The maximum atomic E-state index is 10.9. The molecule has 1 atom stereocenters. The lowest BCUT2D eigenvalue weighted by Crippen LogP contribution is -2.54. The van der Waals surface area contributed by atoms with Crippen LogP contribution < -0.4 is 11.1 Å². The molecule has 1 unspecified atom stereocenters. The van der Waals surface area contributed by atoms with Crippen LogP contribution in [0.3, 0.4) is 0 Å². The van der Waals surface area contributed by atoms with Gasteiger partial charge in [0.15, 0.2) is 0 Å². The lowest BCUT2D eigenvalue weighted by molar-refractivity contribution is 0.149. The number of nitrogens with two attached hydrogens (primary N) is 1. The van der Waals surface area contributed by atoms with Gasteiger partial charge in [-0.3, -0.25) is 0 Å². The smallest absolute Gasteiger partial charge is 0.407 e. The third-order valence-electron chi connectivity index (χ3n) is 2.27. The molecule has 0 radical (unpaired) electrons.